The van der Waals surface area contributed by atoms with Gasteiger partial charge in [-0.15, -0.1) is 0 Å². The number of fused-ring (bicyclic) bond motifs is 1. The van der Waals surface area contributed by atoms with Gasteiger partial charge < -0.3 is 14.1 Å². The summed E-state index contributed by atoms with van der Waals surface area (Å²) in [6, 6.07) is 28.4. The fourth-order valence-electron chi connectivity index (χ4n) is 7.98. The molecular weight excluding hydrogens is 688 g/mol. The minimum atomic E-state index is -2.99. The highest BCUT2D eigenvalue weighted by atomic mass is 35.5. The maximum Gasteiger partial charge on any atom is 0.309 e. The van der Waals surface area contributed by atoms with Crippen LogP contribution in [-0.2, 0) is 31.6 Å². The summed E-state index contributed by atoms with van der Waals surface area (Å²) in [5, 5.41) is 2.83. The summed E-state index contributed by atoms with van der Waals surface area (Å²) in [6.07, 6.45) is 0.923. The van der Waals surface area contributed by atoms with Gasteiger partial charge in [0.1, 0.15) is 5.82 Å². The van der Waals surface area contributed by atoms with E-state index in [0.717, 1.165) is 21.5 Å². The number of halogens is 3. The van der Waals surface area contributed by atoms with Crippen LogP contribution >= 0.6 is 23.2 Å². The molecular formula is C41H44Cl2FNO4Si. The van der Waals surface area contributed by atoms with Crippen LogP contribution in [-0.4, -0.2) is 44.3 Å². The first kappa shape index (κ1) is 36.3. The molecule has 50 heavy (non-hydrogen) atoms. The second kappa shape index (κ2) is 14.6. The van der Waals surface area contributed by atoms with E-state index in [4.69, 9.17) is 32.4 Å². The summed E-state index contributed by atoms with van der Waals surface area (Å²) < 4.78 is 28.6. The molecule has 4 aromatic carbocycles. The van der Waals surface area contributed by atoms with Gasteiger partial charge in [0.2, 0.25) is 5.91 Å². The maximum atomic E-state index is 15.9. The molecule has 0 aromatic heterocycles. The van der Waals surface area contributed by atoms with Crippen molar-refractivity contribution in [3.63, 3.8) is 0 Å². The van der Waals surface area contributed by atoms with Crippen molar-refractivity contribution in [3.05, 3.63) is 129 Å². The standard InChI is InChI=1S/C41H44Cl2FNO4Si/c1-6-48-40(47)33-23-32(33)39-31-22-27(25-49-50(41(3,4)5,28-14-9-7-10-15-28)29-16-11-8-12-17-29)45(26(2)30(31)20-21-37(39)44)38(46)24-34-35(42)18-13-19-36(34)43/h7-21,26-27,32-33H,6,22-25H2,1-5H3/t26-,27+,32?,33+/m0/s1. The fraction of sp³-hybridized carbons (Fsp3) is 0.366. The number of hydrogen-bond donors (Lipinski definition) is 0. The zero-order chi connectivity index (χ0) is 35.8. The Morgan fingerprint density at radius 1 is 0.900 bits per heavy atom. The lowest BCUT2D eigenvalue weighted by Crippen LogP contribution is -2.67. The average molecular weight is 733 g/mol. The lowest BCUT2D eigenvalue weighted by molar-refractivity contribution is -0.144. The Morgan fingerprint density at radius 3 is 2.06 bits per heavy atom. The van der Waals surface area contributed by atoms with E-state index in [9.17, 15) is 9.59 Å². The highest BCUT2D eigenvalue weighted by molar-refractivity contribution is 6.99. The summed E-state index contributed by atoms with van der Waals surface area (Å²) >= 11 is 13.1. The minimum Gasteiger partial charge on any atom is -0.466 e. The van der Waals surface area contributed by atoms with E-state index in [1.54, 1.807) is 31.2 Å². The zero-order valence-corrected chi connectivity index (χ0v) is 31.7. The minimum absolute atomic E-state index is 0.00943. The van der Waals surface area contributed by atoms with Gasteiger partial charge in [0.15, 0.2) is 0 Å². The van der Waals surface area contributed by atoms with Crippen molar-refractivity contribution < 1.29 is 23.1 Å². The number of hydrogen-bond acceptors (Lipinski definition) is 4. The molecule has 2 aliphatic rings. The van der Waals surface area contributed by atoms with Gasteiger partial charge in [-0.1, -0.05) is 117 Å². The lowest BCUT2D eigenvalue weighted by Gasteiger charge is -2.47. The topological polar surface area (TPSA) is 55.8 Å². The van der Waals surface area contributed by atoms with Gasteiger partial charge in [-0.05, 0) is 82.6 Å². The maximum absolute atomic E-state index is 15.9. The quantitative estimate of drug-likeness (QED) is 0.121. The van der Waals surface area contributed by atoms with E-state index < -0.39 is 20.4 Å². The second-order valence-corrected chi connectivity index (χ2v) is 19.5. The Morgan fingerprint density at radius 2 is 1.50 bits per heavy atom. The third-order valence-corrected chi connectivity index (χ3v) is 16.1. The van der Waals surface area contributed by atoms with Crippen molar-refractivity contribution >= 4 is 53.8 Å². The lowest BCUT2D eigenvalue weighted by atomic mass is 9.83. The van der Waals surface area contributed by atoms with Gasteiger partial charge in [-0.3, -0.25) is 9.59 Å². The normalized spacial score (nSPS) is 20.3. The predicted octanol–water partition coefficient (Wildman–Crippen LogP) is 8.43. The van der Waals surface area contributed by atoms with Crippen LogP contribution in [0.3, 0.4) is 0 Å². The monoisotopic (exact) mass is 731 g/mol. The van der Waals surface area contributed by atoms with Crippen molar-refractivity contribution in [2.45, 2.75) is 76.9 Å². The van der Waals surface area contributed by atoms with E-state index >= 15 is 4.39 Å². The molecule has 0 N–H and O–H groups in total. The van der Waals surface area contributed by atoms with Crippen LogP contribution < -0.4 is 10.4 Å². The van der Waals surface area contributed by atoms with E-state index in [0.29, 0.717) is 34.0 Å². The van der Waals surface area contributed by atoms with Gasteiger partial charge in [-0.25, -0.2) is 4.39 Å². The number of nitrogens with zero attached hydrogens (tertiary/aromatic N) is 1. The third-order valence-electron chi connectivity index (χ3n) is 10.4. The Hall–Kier alpha value is -3.49. The van der Waals surface area contributed by atoms with Gasteiger partial charge >= 0.3 is 5.97 Å². The van der Waals surface area contributed by atoms with Gasteiger partial charge in [0.25, 0.3) is 8.32 Å². The van der Waals surface area contributed by atoms with E-state index in [1.165, 1.54) is 6.07 Å². The van der Waals surface area contributed by atoms with Crippen molar-refractivity contribution in [2.75, 3.05) is 13.2 Å². The average Bonchev–Trinajstić information content (AvgIpc) is 3.88. The third kappa shape index (κ3) is 6.78. The smallest absolute Gasteiger partial charge is 0.309 e. The molecule has 5 nitrogen and oxygen atoms in total. The summed E-state index contributed by atoms with van der Waals surface area (Å²) in [6.45, 7) is 10.9. The first-order valence-electron chi connectivity index (χ1n) is 17.4. The fourth-order valence-corrected chi connectivity index (χ4v) is 13.1. The van der Waals surface area contributed by atoms with Crippen molar-refractivity contribution in [2.24, 2.45) is 5.92 Å². The summed E-state index contributed by atoms with van der Waals surface area (Å²) in [5.74, 6) is -1.41. The van der Waals surface area contributed by atoms with Gasteiger partial charge in [0.05, 0.1) is 37.6 Å². The molecule has 6 rings (SSSR count). The largest absolute Gasteiger partial charge is 0.466 e. The number of esters is 1. The Bertz CT molecular complexity index is 1810. The van der Waals surface area contributed by atoms with Crippen LogP contribution in [0.5, 0.6) is 0 Å². The molecule has 0 saturated heterocycles. The molecule has 262 valence electrons. The molecule has 4 aromatic rings. The van der Waals surface area contributed by atoms with Crippen molar-refractivity contribution in [1.82, 2.24) is 4.90 Å². The number of rotatable bonds is 10. The molecule has 1 saturated carbocycles. The van der Waals surface area contributed by atoms with Crippen LogP contribution in [0.1, 0.15) is 75.3 Å². The van der Waals surface area contributed by atoms with Gasteiger partial charge in [0, 0.05) is 16.0 Å². The molecule has 1 aliphatic carbocycles. The van der Waals surface area contributed by atoms with Crippen LogP contribution in [0, 0.1) is 11.7 Å². The second-order valence-electron chi connectivity index (χ2n) is 14.4. The number of amides is 1. The first-order valence-corrected chi connectivity index (χ1v) is 20.0. The zero-order valence-electron chi connectivity index (χ0n) is 29.2. The molecule has 1 heterocycles. The van der Waals surface area contributed by atoms with Crippen LogP contribution in [0.2, 0.25) is 15.1 Å². The summed E-state index contributed by atoms with van der Waals surface area (Å²) in [5.41, 5.74) is 2.85. The van der Waals surface area contributed by atoms with Crippen LogP contribution in [0.4, 0.5) is 4.39 Å². The Kier molecular flexibility index (Phi) is 10.6. The number of benzene rings is 4. The van der Waals surface area contributed by atoms with Gasteiger partial charge in [-0.2, -0.15) is 0 Å². The molecule has 1 fully saturated rings. The number of carbonyl (C=O) groups is 2. The summed E-state index contributed by atoms with van der Waals surface area (Å²) in [4.78, 5) is 29.1. The highest BCUT2D eigenvalue weighted by Gasteiger charge is 2.52. The SMILES string of the molecule is CCOC(=O)[C@@H]1CC1c1c(F)ccc2c1C[C@H](CO[Si](c1ccccc1)(c1ccccc1)C(C)(C)C)N(C(=O)Cc1c(Cl)cccc1Cl)[C@H]2C. The van der Waals surface area contributed by atoms with Crippen molar-refractivity contribution in [3.8, 4) is 0 Å². The van der Waals surface area contributed by atoms with Crippen LogP contribution in [0.25, 0.3) is 0 Å². The van der Waals surface area contributed by atoms with Crippen molar-refractivity contribution in [1.29, 1.82) is 0 Å². The Balaban J connectivity index is 1.44. The highest BCUT2D eigenvalue weighted by Crippen LogP contribution is 2.52. The van der Waals surface area contributed by atoms with Crippen LogP contribution in [0.15, 0.2) is 91.0 Å². The Labute approximate surface area is 305 Å². The molecule has 0 radical (unpaired) electrons. The molecule has 1 unspecified atom stereocenters. The molecule has 1 aliphatic heterocycles. The van der Waals surface area contributed by atoms with E-state index in [1.807, 2.05) is 48.2 Å². The molecule has 9 heteroatoms. The molecule has 4 atom stereocenters. The first-order chi connectivity index (χ1) is 23.9. The van der Waals surface area contributed by atoms with E-state index in [2.05, 4.69) is 45.0 Å². The number of carbonyl (C=O) groups excluding carboxylic acids is 2. The molecule has 0 spiro atoms. The predicted molar refractivity (Wildman–Crippen MR) is 200 cm³/mol. The molecule has 0 bridgehead atoms. The molecule has 1 amide bonds. The number of ether oxygens (including phenoxy) is 1. The van der Waals surface area contributed by atoms with E-state index in [-0.39, 0.29) is 54.2 Å². The summed E-state index contributed by atoms with van der Waals surface area (Å²) in [7, 11) is -2.99.